The van der Waals surface area contributed by atoms with Gasteiger partial charge in [-0.05, 0) is 24.1 Å². The molecule has 1 aromatic carbocycles. The maximum Gasteiger partial charge on any atom is 0.192 e. The van der Waals surface area contributed by atoms with E-state index in [2.05, 4.69) is 0 Å². The summed E-state index contributed by atoms with van der Waals surface area (Å²) in [5.74, 6) is -0.571. The van der Waals surface area contributed by atoms with Gasteiger partial charge in [-0.1, -0.05) is 6.07 Å². The monoisotopic (exact) mass is 434 g/mol. The lowest BCUT2D eigenvalue weighted by Gasteiger charge is -2.40. The Bertz CT molecular complexity index is 716. The van der Waals surface area contributed by atoms with Gasteiger partial charge in [0.15, 0.2) is 30.4 Å². The van der Waals surface area contributed by atoms with E-state index in [1.807, 2.05) is 0 Å². The van der Waals surface area contributed by atoms with Gasteiger partial charge < -0.3 is 59.8 Å². The minimum atomic E-state index is -1.95. The van der Waals surface area contributed by atoms with Crippen LogP contribution in [0.25, 0.3) is 0 Å². The van der Waals surface area contributed by atoms with Gasteiger partial charge in [0.05, 0.1) is 19.8 Å². The Hall–Kier alpha value is -1.58. The molecule has 8 atom stereocenters. The van der Waals surface area contributed by atoms with Crippen molar-refractivity contribution in [1.29, 1.82) is 0 Å². The first-order chi connectivity index (χ1) is 14.2. The molecule has 0 saturated carbocycles. The van der Waals surface area contributed by atoms with Gasteiger partial charge in [0.2, 0.25) is 0 Å². The molecule has 0 aliphatic carbocycles. The molecule has 0 bridgehead atoms. The highest BCUT2D eigenvalue weighted by atomic mass is 16.8. The number of aliphatic hydroxyl groups is 6. The molecular formula is C18H26O12. The lowest BCUT2D eigenvalue weighted by atomic mass is 10.0. The number of aromatic hydroxyl groups is 2. The maximum absolute atomic E-state index is 10.1. The van der Waals surface area contributed by atoms with Crippen LogP contribution in [0.2, 0.25) is 0 Å². The molecule has 0 radical (unpaired) electrons. The number of rotatable bonds is 7. The molecule has 170 valence electrons. The lowest BCUT2D eigenvalue weighted by molar-refractivity contribution is -0.375. The Labute approximate surface area is 171 Å². The van der Waals surface area contributed by atoms with Gasteiger partial charge in [0, 0.05) is 0 Å². The summed E-state index contributed by atoms with van der Waals surface area (Å²) >= 11 is 0. The molecule has 8 unspecified atom stereocenters. The van der Waals surface area contributed by atoms with Crippen molar-refractivity contribution in [2.75, 3.05) is 19.8 Å². The molecular weight excluding hydrogens is 408 g/mol. The van der Waals surface area contributed by atoms with E-state index in [1.165, 1.54) is 12.1 Å². The number of hydrogen-bond donors (Lipinski definition) is 8. The summed E-state index contributed by atoms with van der Waals surface area (Å²) in [7, 11) is 0. The first kappa shape index (κ1) is 23.1. The van der Waals surface area contributed by atoms with Crippen molar-refractivity contribution in [3.8, 4) is 11.5 Å². The van der Waals surface area contributed by atoms with Crippen LogP contribution in [0.1, 0.15) is 5.56 Å². The average Bonchev–Trinajstić information content (AvgIpc) is 3.01. The third-order valence-corrected chi connectivity index (χ3v) is 5.09. The normalized spacial score (nSPS) is 39.3. The standard InChI is InChI=1S/C18H26O12/c19-6-18(26)7-28-17(14(18)25)30-16-13(24)11(22)12(23)15(29-16)27-4-3-8-1-2-9(20)10(21)5-8/h1-2,5,11-17,19-26H,3-4,6-7H2. The van der Waals surface area contributed by atoms with Crippen molar-refractivity contribution < 1.29 is 59.8 Å². The van der Waals surface area contributed by atoms with Crippen LogP contribution in [0.4, 0.5) is 0 Å². The lowest BCUT2D eigenvalue weighted by Crippen LogP contribution is -2.60. The molecule has 30 heavy (non-hydrogen) atoms. The molecule has 12 nitrogen and oxygen atoms in total. The van der Waals surface area contributed by atoms with Crippen molar-refractivity contribution in [3.05, 3.63) is 23.8 Å². The zero-order valence-electron chi connectivity index (χ0n) is 15.8. The molecule has 1 aromatic rings. The molecule has 0 amide bonds. The predicted molar refractivity (Wildman–Crippen MR) is 95.0 cm³/mol. The summed E-state index contributed by atoms with van der Waals surface area (Å²) < 4.78 is 21.1. The van der Waals surface area contributed by atoms with Gasteiger partial charge in [0.25, 0.3) is 0 Å². The van der Waals surface area contributed by atoms with E-state index in [-0.39, 0.29) is 24.5 Å². The quantitative estimate of drug-likeness (QED) is 0.201. The molecule has 12 heteroatoms. The SMILES string of the molecule is OCC1(O)COC(OC2OC(OCCc3ccc(O)c(O)c3)C(O)C(O)C2O)C1O. The third-order valence-electron chi connectivity index (χ3n) is 5.09. The van der Waals surface area contributed by atoms with Crippen molar-refractivity contribution >= 4 is 0 Å². The summed E-state index contributed by atoms with van der Waals surface area (Å²) in [5.41, 5.74) is -1.33. The van der Waals surface area contributed by atoms with Crippen LogP contribution < -0.4 is 0 Å². The van der Waals surface area contributed by atoms with Crippen LogP contribution in [-0.2, 0) is 25.4 Å². The molecule has 2 fully saturated rings. The van der Waals surface area contributed by atoms with Gasteiger partial charge >= 0.3 is 0 Å². The van der Waals surface area contributed by atoms with Crippen LogP contribution >= 0.6 is 0 Å². The highest BCUT2D eigenvalue weighted by Crippen LogP contribution is 2.30. The Morgan fingerprint density at radius 2 is 1.67 bits per heavy atom. The molecule has 0 aromatic heterocycles. The fourth-order valence-corrected chi connectivity index (χ4v) is 3.13. The Morgan fingerprint density at radius 1 is 0.967 bits per heavy atom. The zero-order chi connectivity index (χ0) is 22.1. The summed E-state index contributed by atoms with van der Waals surface area (Å²) in [6.07, 6.45) is -10.9. The van der Waals surface area contributed by atoms with Crippen molar-refractivity contribution in [2.24, 2.45) is 0 Å². The predicted octanol–water partition coefficient (Wildman–Crippen LogP) is -3.12. The van der Waals surface area contributed by atoms with Crippen molar-refractivity contribution in [3.63, 3.8) is 0 Å². The topological polar surface area (TPSA) is 199 Å². The smallest absolute Gasteiger partial charge is 0.192 e. The second kappa shape index (κ2) is 9.28. The second-order valence-corrected chi connectivity index (χ2v) is 7.31. The van der Waals surface area contributed by atoms with Crippen LogP contribution in [0, 0.1) is 0 Å². The van der Waals surface area contributed by atoms with Crippen LogP contribution in [0.15, 0.2) is 18.2 Å². The maximum atomic E-state index is 10.1. The van der Waals surface area contributed by atoms with E-state index in [9.17, 15) is 35.7 Å². The Morgan fingerprint density at radius 3 is 2.30 bits per heavy atom. The molecule has 2 saturated heterocycles. The fourth-order valence-electron chi connectivity index (χ4n) is 3.13. The summed E-state index contributed by atoms with van der Waals surface area (Å²) in [4.78, 5) is 0. The second-order valence-electron chi connectivity index (χ2n) is 7.31. The van der Waals surface area contributed by atoms with Crippen molar-refractivity contribution in [2.45, 2.75) is 55.3 Å². The number of phenols is 2. The molecule has 8 N–H and O–H groups in total. The number of aliphatic hydroxyl groups excluding tert-OH is 5. The van der Waals surface area contributed by atoms with Crippen LogP contribution in [0.3, 0.4) is 0 Å². The van der Waals surface area contributed by atoms with Gasteiger partial charge in [-0.15, -0.1) is 0 Å². The van der Waals surface area contributed by atoms with E-state index in [4.69, 9.17) is 24.1 Å². The number of phenolic OH excluding ortho intramolecular Hbond substituents is 2. The van der Waals surface area contributed by atoms with Gasteiger partial charge in [-0.3, -0.25) is 0 Å². The van der Waals surface area contributed by atoms with E-state index in [1.54, 1.807) is 6.07 Å². The molecule has 2 heterocycles. The van der Waals surface area contributed by atoms with E-state index in [0.717, 1.165) is 0 Å². The minimum Gasteiger partial charge on any atom is -0.504 e. The van der Waals surface area contributed by atoms with Gasteiger partial charge in [-0.25, -0.2) is 0 Å². The first-order valence-corrected chi connectivity index (χ1v) is 9.27. The summed E-state index contributed by atoms with van der Waals surface area (Å²) in [6, 6.07) is 4.20. The number of ether oxygens (including phenoxy) is 4. The highest BCUT2D eigenvalue weighted by Gasteiger charge is 2.52. The summed E-state index contributed by atoms with van der Waals surface area (Å²) in [5, 5.41) is 78.3. The Balaban J connectivity index is 1.58. The van der Waals surface area contributed by atoms with Gasteiger partial charge in [0.1, 0.15) is 30.0 Å². The fraction of sp³-hybridized carbons (Fsp3) is 0.667. The molecule has 2 aliphatic heterocycles. The summed E-state index contributed by atoms with van der Waals surface area (Å²) in [6.45, 7) is -1.24. The zero-order valence-corrected chi connectivity index (χ0v) is 15.8. The van der Waals surface area contributed by atoms with E-state index in [0.29, 0.717) is 5.56 Å². The molecule has 2 aliphatic rings. The highest BCUT2D eigenvalue weighted by molar-refractivity contribution is 5.40. The Kier molecular flexibility index (Phi) is 7.14. The average molecular weight is 434 g/mol. The van der Waals surface area contributed by atoms with Gasteiger partial charge in [-0.2, -0.15) is 0 Å². The third kappa shape index (κ3) is 4.68. The van der Waals surface area contributed by atoms with Crippen molar-refractivity contribution in [1.82, 2.24) is 0 Å². The van der Waals surface area contributed by atoms with Crippen LogP contribution in [0.5, 0.6) is 11.5 Å². The first-order valence-electron chi connectivity index (χ1n) is 9.27. The number of benzene rings is 1. The molecule has 3 rings (SSSR count). The largest absolute Gasteiger partial charge is 0.504 e. The molecule has 0 spiro atoms. The number of hydrogen-bond acceptors (Lipinski definition) is 12. The van der Waals surface area contributed by atoms with E-state index >= 15 is 0 Å². The van der Waals surface area contributed by atoms with Crippen LogP contribution in [-0.4, -0.2) is 110 Å². The van der Waals surface area contributed by atoms with E-state index < -0.39 is 62.1 Å². The minimum absolute atomic E-state index is 0.0195.